The summed E-state index contributed by atoms with van der Waals surface area (Å²) >= 11 is -1.27. The molecule has 0 radical (unpaired) electrons. The van der Waals surface area contributed by atoms with E-state index in [1.165, 1.54) is 0 Å². The van der Waals surface area contributed by atoms with E-state index in [1.807, 2.05) is 109 Å². The summed E-state index contributed by atoms with van der Waals surface area (Å²) < 4.78 is 38.4. The van der Waals surface area contributed by atoms with Gasteiger partial charge in [-0.25, -0.2) is 4.79 Å². The molecule has 9 nitrogen and oxygen atoms in total. The Kier molecular flexibility index (Phi) is 11.7. The van der Waals surface area contributed by atoms with Gasteiger partial charge in [-0.3, -0.25) is 4.79 Å². The van der Waals surface area contributed by atoms with Crippen LogP contribution in [0.2, 0.25) is 0 Å². The molecule has 0 spiro atoms. The lowest BCUT2D eigenvalue weighted by Crippen LogP contribution is -2.40. The average Bonchev–Trinajstić information content (AvgIpc) is 3.47. The van der Waals surface area contributed by atoms with Crippen molar-refractivity contribution in [2.45, 2.75) is 91.4 Å². The zero-order valence-electron chi connectivity index (χ0n) is 28.5. The van der Waals surface area contributed by atoms with Crippen molar-refractivity contribution in [3.05, 3.63) is 89.2 Å². The van der Waals surface area contributed by atoms with E-state index in [4.69, 9.17) is 18.6 Å². The van der Waals surface area contributed by atoms with Gasteiger partial charge >= 0.3 is 12.1 Å². The Morgan fingerprint density at radius 1 is 0.979 bits per heavy atom. The number of furan rings is 1. The third-order valence-electron chi connectivity index (χ3n) is 7.15. The fraction of sp³-hybridized carbons (Fsp3) is 0.405. The molecule has 0 saturated heterocycles. The van der Waals surface area contributed by atoms with Crippen molar-refractivity contribution in [2.75, 3.05) is 6.61 Å². The normalized spacial score (nSPS) is 13.2. The maximum atomic E-state index is 12.8. The first-order valence-electron chi connectivity index (χ1n) is 15.8. The van der Waals surface area contributed by atoms with E-state index >= 15 is 0 Å². The molecule has 1 amide bonds. The topological polar surface area (TPSA) is 122 Å². The number of hydrogen-bond donors (Lipinski definition) is 2. The van der Waals surface area contributed by atoms with Crippen molar-refractivity contribution in [2.24, 2.45) is 0 Å². The van der Waals surface area contributed by atoms with Gasteiger partial charge in [0.05, 0.1) is 25.3 Å². The lowest BCUT2D eigenvalue weighted by molar-refractivity contribution is -0.142. The zero-order valence-corrected chi connectivity index (χ0v) is 29.3. The Labute approximate surface area is 280 Å². The second-order valence-corrected chi connectivity index (χ2v) is 15.4. The number of rotatable bonds is 12. The molecule has 1 heterocycles. The number of amides is 1. The van der Waals surface area contributed by atoms with Crippen molar-refractivity contribution in [1.29, 1.82) is 0 Å². The Balaban J connectivity index is 1.59. The molecule has 1 unspecified atom stereocenters. The maximum absolute atomic E-state index is 12.8. The zero-order chi connectivity index (χ0) is 34.4. The van der Waals surface area contributed by atoms with Gasteiger partial charge in [0.1, 0.15) is 28.3 Å². The van der Waals surface area contributed by atoms with E-state index in [0.29, 0.717) is 24.5 Å². The minimum atomic E-state index is -1.27. The average molecular weight is 663 g/mol. The lowest BCUT2D eigenvalue weighted by atomic mass is 9.99. The van der Waals surface area contributed by atoms with Crippen LogP contribution in [0.25, 0.3) is 22.1 Å². The summed E-state index contributed by atoms with van der Waals surface area (Å²) in [4.78, 5) is 24.6. The molecule has 0 saturated carbocycles. The monoisotopic (exact) mass is 662 g/mol. The van der Waals surface area contributed by atoms with Crippen LogP contribution in [0.3, 0.4) is 0 Å². The lowest BCUT2D eigenvalue weighted by Gasteiger charge is -2.27. The molecule has 0 fully saturated rings. The van der Waals surface area contributed by atoms with E-state index in [2.05, 4.69) is 10.0 Å². The van der Waals surface area contributed by atoms with E-state index < -0.39 is 27.8 Å². The summed E-state index contributed by atoms with van der Waals surface area (Å²) in [6.07, 6.45) is 1.24. The maximum Gasteiger partial charge on any atom is 0.407 e. The van der Waals surface area contributed by atoms with Crippen LogP contribution in [-0.2, 0) is 45.2 Å². The molecule has 47 heavy (non-hydrogen) atoms. The van der Waals surface area contributed by atoms with Crippen LogP contribution in [0.15, 0.2) is 71.3 Å². The molecule has 0 bridgehead atoms. The van der Waals surface area contributed by atoms with Crippen LogP contribution in [0, 0.1) is 0 Å². The highest BCUT2D eigenvalue weighted by atomic mass is 32.2. The number of carbonyl (C=O) groups excluding carboxylic acids is 2. The molecule has 0 aliphatic carbocycles. The van der Waals surface area contributed by atoms with Crippen LogP contribution in [0.5, 0.6) is 5.75 Å². The highest BCUT2D eigenvalue weighted by molar-refractivity contribution is 7.90. The van der Waals surface area contributed by atoms with Crippen molar-refractivity contribution in [3.8, 4) is 16.9 Å². The first-order chi connectivity index (χ1) is 22.1. The van der Waals surface area contributed by atoms with Gasteiger partial charge in [-0.1, -0.05) is 30.3 Å². The molecule has 1 aromatic heterocycles. The number of esters is 1. The predicted molar refractivity (Wildman–Crippen MR) is 185 cm³/mol. The molecule has 0 aliphatic rings. The van der Waals surface area contributed by atoms with E-state index in [0.717, 1.165) is 38.8 Å². The van der Waals surface area contributed by atoms with Crippen LogP contribution in [0.1, 0.15) is 83.7 Å². The highest BCUT2D eigenvalue weighted by Crippen LogP contribution is 2.33. The summed E-state index contributed by atoms with van der Waals surface area (Å²) in [5, 5.41) is 3.73. The van der Waals surface area contributed by atoms with Crippen LogP contribution < -0.4 is 14.8 Å². The molecule has 4 aromatic rings. The Morgan fingerprint density at radius 3 is 2.45 bits per heavy atom. The molecular formula is C37H46N2O7S. The smallest absolute Gasteiger partial charge is 0.407 e. The Hall–Kier alpha value is -3.99. The third kappa shape index (κ3) is 10.2. The summed E-state index contributed by atoms with van der Waals surface area (Å²) in [5.41, 5.74) is 5.35. The van der Waals surface area contributed by atoms with Crippen LogP contribution in [-0.4, -0.2) is 33.6 Å². The minimum Gasteiger partial charge on any atom is -0.598 e. The first-order valence-corrected chi connectivity index (χ1v) is 16.9. The summed E-state index contributed by atoms with van der Waals surface area (Å²) in [5.74, 6) is 0.211. The number of hydrogen-bond acceptors (Lipinski definition) is 8. The predicted octanol–water partition coefficient (Wildman–Crippen LogP) is 7.92. The molecule has 4 rings (SSSR count). The van der Waals surface area contributed by atoms with Gasteiger partial charge in [0.25, 0.3) is 0 Å². The second kappa shape index (κ2) is 15.3. The van der Waals surface area contributed by atoms with Gasteiger partial charge in [0.2, 0.25) is 0 Å². The number of benzene rings is 3. The van der Waals surface area contributed by atoms with Gasteiger partial charge in [0.15, 0.2) is 0 Å². The highest BCUT2D eigenvalue weighted by Gasteiger charge is 2.28. The number of carbonyl (C=O) groups is 2. The van der Waals surface area contributed by atoms with Crippen molar-refractivity contribution in [1.82, 2.24) is 10.0 Å². The number of alkyl carbamates (subject to hydrolysis) is 1. The molecule has 252 valence electrons. The molecule has 10 heteroatoms. The SMILES string of the molecule is CCOC(=O)Cc1ccc(C(C)N[S@@+]([O-])C(C)(C)C)cc1OCc1cc(-c2cccc(CNC(=O)OC(C)(C)C)c2)c2occc2c1. The standard InChI is InChI=1S/C37H46N2O7S/c1-9-43-33(40)21-29-14-13-27(24(2)39-47(42)37(6,7)8)20-32(29)45-23-26-18-30-15-16-44-34(30)31(19-26)28-12-10-11-25(17-28)22-38-35(41)46-36(3,4)5/h10-20,24,39H,9,21-23H2,1-8H3,(H,38,41)/t24?,47-/m0/s1. The van der Waals surface area contributed by atoms with E-state index in [9.17, 15) is 14.1 Å². The van der Waals surface area contributed by atoms with E-state index in [1.54, 1.807) is 13.2 Å². The van der Waals surface area contributed by atoms with Gasteiger partial charge < -0.3 is 28.5 Å². The van der Waals surface area contributed by atoms with Gasteiger partial charge in [-0.2, -0.15) is 0 Å². The minimum absolute atomic E-state index is 0.0648. The van der Waals surface area contributed by atoms with Crippen LogP contribution in [0.4, 0.5) is 4.79 Å². The summed E-state index contributed by atoms with van der Waals surface area (Å²) in [6, 6.07) is 19.3. The number of ether oxygens (including phenoxy) is 3. The summed E-state index contributed by atoms with van der Waals surface area (Å²) in [6.45, 7) is 15.8. The van der Waals surface area contributed by atoms with Gasteiger partial charge in [-0.05, 0) is 108 Å². The molecular weight excluding hydrogens is 616 g/mol. The van der Waals surface area contributed by atoms with Gasteiger partial charge in [-0.15, -0.1) is 4.72 Å². The quantitative estimate of drug-likeness (QED) is 0.116. The largest absolute Gasteiger partial charge is 0.598 e. The molecule has 2 N–H and O–H groups in total. The fourth-order valence-corrected chi connectivity index (χ4v) is 5.64. The Morgan fingerprint density at radius 2 is 1.74 bits per heavy atom. The van der Waals surface area contributed by atoms with E-state index in [-0.39, 0.29) is 25.0 Å². The molecule has 0 aliphatic heterocycles. The van der Waals surface area contributed by atoms with Crippen molar-refractivity contribution in [3.63, 3.8) is 0 Å². The van der Waals surface area contributed by atoms with Gasteiger partial charge in [0, 0.05) is 34.4 Å². The molecule has 3 aromatic carbocycles. The first kappa shape index (κ1) is 35.9. The van der Waals surface area contributed by atoms with Crippen molar-refractivity contribution >= 4 is 34.4 Å². The fourth-order valence-electron chi connectivity index (χ4n) is 4.83. The molecule has 2 atom stereocenters. The number of fused-ring (bicyclic) bond motifs is 1. The van der Waals surface area contributed by atoms with Crippen molar-refractivity contribution < 1.29 is 32.8 Å². The summed E-state index contributed by atoms with van der Waals surface area (Å²) in [7, 11) is 0. The third-order valence-corrected chi connectivity index (χ3v) is 8.83. The Bertz CT molecular complexity index is 1690. The second-order valence-electron chi connectivity index (χ2n) is 13.4. The van der Waals surface area contributed by atoms with Crippen LogP contribution >= 0.6 is 0 Å². The number of nitrogens with one attached hydrogen (secondary N) is 2.